The highest BCUT2D eigenvalue weighted by atomic mass is 16.3. The van der Waals surface area contributed by atoms with Gasteiger partial charge in [0.2, 0.25) is 0 Å². The standard InChI is InChI=1S/C19H32N4O/c1-4-20-19(23-13-15-8-5-6-9-16(15)14-23)21-12-17(22(2)3)18-10-7-11-24-18/h7,10-11,15-17H,4-6,8-9,12-14H2,1-3H3,(H,20,21). The number of furan rings is 1. The highest BCUT2D eigenvalue weighted by Crippen LogP contribution is 2.36. The first-order chi connectivity index (χ1) is 11.7. The van der Waals surface area contributed by atoms with Crippen molar-refractivity contribution in [3.63, 3.8) is 0 Å². The van der Waals surface area contributed by atoms with Crippen molar-refractivity contribution in [1.82, 2.24) is 15.1 Å². The van der Waals surface area contributed by atoms with Gasteiger partial charge in [0.15, 0.2) is 5.96 Å². The second-order valence-electron chi connectivity index (χ2n) is 7.40. The third kappa shape index (κ3) is 3.94. The summed E-state index contributed by atoms with van der Waals surface area (Å²) in [6.07, 6.45) is 7.35. The number of nitrogens with one attached hydrogen (secondary N) is 1. The quantitative estimate of drug-likeness (QED) is 0.665. The van der Waals surface area contributed by atoms with Crippen LogP contribution < -0.4 is 5.32 Å². The van der Waals surface area contributed by atoms with E-state index in [1.165, 1.54) is 38.8 Å². The Bertz CT molecular complexity index is 511. The van der Waals surface area contributed by atoms with Crippen molar-refractivity contribution in [3.8, 4) is 0 Å². The van der Waals surface area contributed by atoms with E-state index < -0.39 is 0 Å². The molecule has 1 aromatic heterocycles. The molecule has 0 aromatic carbocycles. The fourth-order valence-corrected chi connectivity index (χ4v) is 4.17. The molecule has 3 atom stereocenters. The van der Waals surface area contributed by atoms with Gasteiger partial charge in [-0.3, -0.25) is 9.89 Å². The fraction of sp³-hybridized carbons (Fsp3) is 0.737. The minimum Gasteiger partial charge on any atom is -0.468 e. The summed E-state index contributed by atoms with van der Waals surface area (Å²) in [7, 11) is 4.17. The molecule has 1 aliphatic carbocycles. The van der Waals surface area contributed by atoms with Crippen molar-refractivity contribution in [2.75, 3.05) is 40.3 Å². The number of hydrogen-bond donors (Lipinski definition) is 1. The molecule has 24 heavy (non-hydrogen) atoms. The maximum absolute atomic E-state index is 5.61. The predicted molar refractivity (Wildman–Crippen MR) is 98.1 cm³/mol. The molecule has 2 aliphatic rings. The minimum absolute atomic E-state index is 0.179. The normalized spacial score (nSPS) is 25.8. The Morgan fingerprint density at radius 2 is 2.04 bits per heavy atom. The van der Waals surface area contributed by atoms with Crippen LogP contribution in [0.15, 0.2) is 27.8 Å². The summed E-state index contributed by atoms with van der Waals surface area (Å²) in [5, 5.41) is 3.50. The molecule has 134 valence electrons. The SMILES string of the molecule is CCNC(=NCC(c1ccco1)N(C)C)N1CC2CCCCC2C1. The molecule has 1 aromatic rings. The molecule has 2 heterocycles. The summed E-state index contributed by atoms with van der Waals surface area (Å²) in [5.74, 6) is 3.80. The molecule has 3 rings (SSSR count). The first-order valence-corrected chi connectivity index (χ1v) is 9.42. The molecule has 5 heteroatoms. The fourth-order valence-electron chi connectivity index (χ4n) is 4.17. The van der Waals surface area contributed by atoms with Crippen LogP contribution in [0.1, 0.15) is 44.4 Å². The molecule has 1 N–H and O–H groups in total. The van der Waals surface area contributed by atoms with Gasteiger partial charge in [0.1, 0.15) is 5.76 Å². The lowest BCUT2D eigenvalue weighted by atomic mass is 9.82. The maximum atomic E-state index is 5.61. The predicted octanol–water partition coefficient (Wildman–Crippen LogP) is 2.97. The molecule has 0 bridgehead atoms. The third-order valence-corrected chi connectivity index (χ3v) is 5.52. The van der Waals surface area contributed by atoms with Crippen LogP contribution in [0.2, 0.25) is 0 Å². The van der Waals surface area contributed by atoms with E-state index in [1.807, 2.05) is 12.1 Å². The average molecular weight is 332 g/mol. The molecule has 0 radical (unpaired) electrons. The highest BCUT2D eigenvalue weighted by molar-refractivity contribution is 5.80. The van der Waals surface area contributed by atoms with E-state index in [4.69, 9.17) is 9.41 Å². The zero-order valence-electron chi connectivity index (χ0n) is 15.4. The van der Waals surface area contributed by atoms with E-state index in [0.717, 1.165) is 30.1 Å². The van der Waals surface area contributed by atoms with E-state index >= 15 is 0 Å². The molecular formula is C19H32N4O. The van der Waals surface area contributed by atoms with Gasteiger partial charge in [-0.25, -0.2) is 0 Å². The first kappa shape index (κ1) is 17.3. The zero-order chi connectivity index (χ0) is 16.9. The Morgan fingerprint density at radius 3 is 2.58 bits per heavy atom. The number of fused-ring (bicyclic) bond motifs is 1. The van der Waals surface area contributed by atoms with Crippen molar-refractivity contribution in [2.45, 2.75) is 38.6 Å². The van der Waals surface area contributed by atoms with Crippen LogP contribution in [0.25, 0.3) is 0 Å². The number of guanidine groups is 1. The van der Waals surface area contributed by atoms with Gasteiger partial charge in [-0.05, 0) is 57.8 Å². The van der Waals surface area contributed by atoms with Crippen LogP contribution in [0.3, 0.4) is 0 Å². The summed E-state index contributed by atoms with van der Waals surface area (Å²) < 4.78 is 5.61. The number of hydrogen-bond acceptors (Lipinski definition) is 3. The van der Waals surface area contributed by atoms with Crippen molar-refractivity contribution in [2.24, 2.45) is 16.8 Å². The number of nitrogens with zero attached hydrogens (tertiary/aromatic N) is 3. The summed E-state index contributed by atoms with van der Waals surface area (Å²) in [6.45, 7) is 6.12. The van der Waals surface area contributed by atoms with Crippen molar-refractivity contribution in [3.05, 3.63) is 24.2 Å². The van der Waals surface area contributed by atoms with Crippen LogP contribution in [-0.4, -0.2) is 56.0 Å². The molecule has 1 saturated heterocycles. The molecule has 1 saturated carbocycles. The summed E-state index contributed by atoms with van der Waals surface area (Å²) >= 11 is 0. The van der Waals surface area contributed by atoms with E-state index in [2.05, 4.69) is 36.1 Å². The van der Waals surface area contributed by atoms with Gasteiger partial charge in [-0.15, -0.1) is 0 Å². The van der Waals surface area contributed by atoms with Gasteiger partial charge in [-0.2, -0.15) is 0 Å². The van der Waals surface area contributed by atoms with E-state index in [-0.39, 0.29) is 6.04 Å². The first-order valence-electron chi connectivity index (χ1n) is 9.42. The molecule has 2 fully saturated rings. The van der Waals surface area contributed by atoms with Crippen LogP contribution in [-0.2, 0) is 0 Å². The maximum Gasteiger partial charge on any atom is 0.194 e. The van der Waals surface area contributed by atoms with Gasteiger partial charge >= 0.3 is 0 Å². The van der Waals surface area contributed by atoms with Crippen molar-refractivity contribution in [1.29, 1.82) is 0 Å². The van der Waals surface area contributed by atoms with Gasteiger partial charge < -0.3 is 14.6 Å². The largest absolute Gasteiger partial charge is 0.468 e. The molecule has 5 nitrogen and oxygen atoms in total. The summed E-state index contributed by atoms with van der Waals surface area (Å²) in [4.78, 5) is 9.62. The van der Waals surface area contributed by atoms with E-state index in [9.17, 15) is 0 Å². The van der Waals surface area contributed by atoms with Crippen LogP contribution in [0, 0.1) is 11.8 Å². The second kappa shape index (κ2) is 8.06. The smallest absolute Gasteiger partial charge is 0.194 e. The molecule has 1 aliphatic heterocycles. The Labute approximate surface area is 146 Å². The topological polar surface area (TPSA) is 44.0 Å². The summed E-state index contributed by atoms with van der Waals surface area (Å²) in [6, 6.07) is 4.17. The number of aliphatic imine (C=N–C) groups is 1. The number of rotatable bonds is 5. The number of likely N-dealkylation sites (N-methyl/N-ethyl adjacent to an activating group) is 1. The van der Waals surface area contributed by atoms with Crippen LogP contribution >= 0.6 is 0 Å². The average Bonchev–Trinajstić information content (AvgIpc) is 3.23. The molecule has 0 spiro atoms. The van der Waals surface area contributed by atoms with Gasteiger partial charge in [0, 0.05) is 19.6 Å². The van der Waals surface area contributed by atoms with Gasteiger partial charge in [0.25, 0.3) is 0 Å². The van der Waals surface area contributed by atoms with Gasteiger partial charge in [-0.1, -0.05) is 12.8 Å². The second-order valence-corrected chi connectivity index (χ2v) is 7.40. The molecular weight excluding hydrogens is 300 g/mol. The number of likely N-dealkylation sites (tertiary alicyclic amines) is 1. The lowest BCUT2D eigenvalue weighted by Crippen LogP contribution is -2.41. The van der Waals surface area contributed by atoms with Crippen LogP contribution in [0.5, 0.6) is 0 Å². The zero-order valence-corrected chi connectivity index (χ0v) is 15.4. The Hall–Kier alpha value is -1.49. The highest BCUT2D eigenvalue weighted by Gasteiger charge is 2.35. The summed E-state index contributed by atoms with van der Waals surface area (Å²) in [5.41, 5.74) is 0. The van der Waals surface area contributed by atoms with Crippen molar-refractivity contribution >= 4 is 5.96 Å². The van der Waals surface area contributed by atoms with Gasteiger partial charge in [0.05, 0.1) is 18.8 Å². The third-order valence-electron chi connectivity index (χ3n) is 5.52. The lowest BCUT2D eigenvalue weighted by Gasteiger charge is -2.24. The Balaban J connectivity index is 1.69. The monoisotopic (exact) mass is 332 g/mol. The Morgan fingerprint density at radius 1 is 1.33 bits per heavy atom. The molecule has 0 amide bonds. The lowest BCUT2D eigenvalue weighted by molar-refractivity contribution is 0.264. The van der Waals surface area contributed by atoms with Crippen LogP contribution in [0.4, 0.5) is 0 Å². The minimum atomic E-state index is 0.179. The van der Waals surface area contributed by atoms with E-state index in [0.29, 0.717) is 6.54 Å². The van der Waals surface area contributed by atoms with E-state index in [1.54, 1.807) is 6.26 Å². The molecule has 3 unspecified atom stereocenters. The van der Waals surface area contributed by atoms with Crippen molar-refractivity contribution < 1.29 is 4.42 Å². The Kier molecular flexibility index (Phi) is 5.82.